The maximum absolute atomic E-state index is 3.58. The molecule has 1 N–H and O–H groups in total. The maximum atomic E-state index is 3.58. The summed E-state index contributed by atoms with van der Waals surface area (Å²) in [5.74, 6) is 0. The second kappa shape index (κ2) is 4.22. The van der Waals surface area contributed by atoms with E-state index in [0.29, 0.717) is 10.8 Å². The predicted molar refractivity (Wildman–Crippen MR) is 63.5 cm³/mol. The summed E-state index contributed by atoms with van der Waals surface area (Å²) in [4.78, 5) is 0. The molecule has 0 aromatic carbocycles. The molecule has 0 aromatic rings. The quantitative estimate of drug-likeness (QED) is 0.710. The van der Waals surface area contributed by atoms with Crippen molar-refractivity contribution in [3.05, 3.63) is 0 Å². The summed E-state index contributed by atoms with van der Waals surface area (Å²) in [6.07, 6.45) is 5.65. The third-order valence-electron chi connectivity index (χ3n) is 3.69. The maximum Gasteiger partial charge on any atom is 0.00950 e. The average molecular weight is 197 g/mol. The molecule has 1 fully saturated rings. The first-order chi connectivity index (χ1) is 6.40. The van der Waals surface area contributed by atoms with Gasteiger partial charge in [0, 0.05) is 6.04 Å². The van der Waals surface area contributed by atoms with Crippen LogP contribution in [0.5, 0.6) is 0 Å². The molecule has 1 atom stereocenters. The summed E-state index contributed by atoms with van der Waals surface area (Å²) in [5, 5.41) is 3.58. The summed E-state index contributed by atoms with van der Waals surface area (Å²) in [6, 6.07) is 0.717. The van der Waals surface area contributed by atoms with Crippen molar-refractivity contribution in [2.24, 2.45) is 10.8 Å². The molecule has 0 bridgehead atoms. The molecule has 14 heavy (non-hydrogen) atoms. The molecule has 1 aliphatic carbocycles. The van der Waals surface area contributed by atoms with Gasteiger partial charge in [-0.15, -0.1) is 0 Å². The molecule has 0 radical (unpaired) electrons. The summed E-state index contributed by atoms with van der Waals surface area (Å²) in [6.45, 7) is 12.7. The molecule has 0 saturated heterocycles. The van der Waals surface area contributed by atoms with Crippen LogP contribution in [0.25, 0.3) is 0 Å². The Morgan fingerprint density at radius 3 is 2.21 bits per heavy atom. The van der Waals surface area contributed by atoms with Crippen molar-refractivity contribution in [1.29, 1.82) is 0 Å². The summed E-state index contributed by atoms with van der Waals surface area (Å²) in [7, 11) is 0. The van der Waals surface area contributed by atoms with Gasteiger partial charge in [0.1, 0.15) is 0 Å². The van der Waals surface area contributed by atoms with Crippen LogP contribution in [0.4, 0.5) is 0 Å². The van der Waals surface area contributed by atoms with E-state index in [2.05, 4.69) is 39.9 Å². The largest absolute Gasteiger partial charge is 0.314 e. The minimum absolute atomic E-state index is 0.502. The lowest BCUT2D eigenvalue weighted by Gasteiger charge is -2.28. The highest BCUT2D eigenvalue weighted by Gasteiger charge is 2.46. The molecule has 1 nitrogen and oxygen atoms in total. The van der Waals surface area contributed by atoms with Gasteiger partial charge in [-0.2, -0.15) is 0 Å². The first-order valence-corrected chi connectivity index (χ1v) is 6.13. The normalized spacial score (nSPS) is 22.1. The fourth-order valence-electron chi connectivity index (χ4n) is 2.21. The zero-order valence-corrected chi connectivity index (χ0v) is 10.6. The van der Waals surface area contributed by atoms with Gasteiger partial charge < -0.3 is 5.32 Å². The lowest BCUT2D eigenvalue weighted by Crippen LogP contribution is -2.35. The second-order valence-corrected chi connectivity index (χ2v) is 6.20. The SMILES string of the molecule is CCNC(C)C1(CCC(C)(C)C)CC1. The molecule has 1 saturated carbocycles. The van der Waals surface area contributed by atoms with Crippen molar-refractivity contribution in [3.63, 3.8) is 0 Å². The van der Waals surface area contributed by atoms with Crippen LogP contribution < -0.4 is 5.32 Å². The van der Waals surface area contributed by atoms with Crippen molar-refractivity contribution in [3.8, 4) is 0 Å². The van der Waals surface area contributed by atoms with E-state index in [9.17, 15) is 0 Å². The van der Waals surface area contributed by atoms with E-state index in [0.717, 1.165) is 12.6 Å². The standard InChI is InChI=1S/C13H27N/c1-6-14-11(2)13(9-10-13)8-7-12(3,4)5/h11,14H,6-10H2,1-5H3. The molecule has 1 unspecified atom stereocenters. The molecule has 1 rings (SSSR count). The van der Waals surface area contributed by atoms with E-state index in [1.165, 1.54) is 25.7 Å². The number of hydrogen-bond acceptors (Lipinski definition) is 1. The number of rotatable bonds is 5. The van der Waals surface area contributed by atoms with Crippen LogP contribution in [0, 0.1) is 10.8 Å². The Kier molecular flexibility index (Phi) is 3.63. The van der Waals surface area contributed by atoms with Crippen LogP contribution >= 0.6 is 0 Å². The lowest BCUT2D eigenvalue weighted by atomic mass is 9.82. The molecular weight excluding hydrogens is 170 g/mol. The minimum atomic E-state index is 0.502. The smallest absolute Gasteiger partial charge is 0.00950 e. The fourth-order valence-corrected chi connectivity index (χ4v) is 2.21. The van der Waals surface area contributed by atoms with Crippen molar-refractivity contribution in [1.82, 2.24) is 5.32 Å². The summed E-state index contributed by atoms with van der Waals surface area (Å²) >= 11 is 0. The Morgan fingerprint density at radius 2 is 1.86 bits per heavy atom. The Bertz CT molecular complexity index is 174. The highest BCUT2D eigenvalue weighted by Crippen LogP contribution is 2.53. The molecule has 0 aliphatic heterocycles. The third kappa shape index (κ3) is 3.27. The van der Waals surface area contributed by atoms with Gasteiger partial charge in [-0.25, -0.2) is 0 Å². The monoisotopic (exact) mass is 197 g/mol. The summed E-state index contributed by atoms with van der Waals surface area (Å²) < 4.78 is 0. The Hall–Kier alpha value is -0.0400. The Balaban J connectivity index is 2.35. The molecule has 84 valence electrons. The van der Waals surface area contributed by atoms with E-state index < -0.39 is 0 Å². The van der Waals surface area contributed by atoms with E-state index in [-0.39, 0.29) is 0 Å². The van der Waals surface area contributed by atoms with Crippen molar-refractivity contribution >= 4 is 0 Å². The van der Waals surface area contributed by atoms with Gasteiger partial charge in [-0.3, -0.25) is 0 Å². The predicted octanol–water partition coefficient (Wildman–Crippen LogP) is 3.59. The third-order valence-corrected chi connectivity index (χ3v) is 3.69. The van der Waals surface area contributed by atoms with Gasteiger partial charge in [0.15, 0.2) is 0 Å². The first-order valence-electron chi connectivity index (χ1n) is 6.13. The van der Waals surface area contributed by atoms with Crippen molar-refractivity contribution in [2.45, 2.75) is 66.3 Å². The van der Waals surface area contributed by atoms with Crippen LogP contribution in [0.1, 0.15) is 60.3 Å². The van der Waals surface area contributed by atoms with E-state index in [4.69, 9.17) is 0 Å². The molecule has 0 amide bonds. The first kappa shape index (κ1) is 12.0. The Labute approximate surface area is 89.7 Å². The van der Waals surface area contributed by atoms with Crippen LogP contribution in [0.15, 0.2) is 0 Å². The van der Waals surface area contributed by atoms with Crippen LogP contribution in [-0.4, -0.2) is 12.6 Å². The van der Waals surface area contributed by atoms with Gasteiger partial charge in [0.2, 0.25) is 0 Å². The number of hydrogen-bond donors (Lipinski definition) is 1. The van der Waals surface area contributed by atoms with E-state index in [1.807, 2.05) is 0 Å². The summed E-state index contributed by atoms with van der Waals surface area (Å²) in [5.41, 5.74) is 1.16. The van der Waals surface area contributed by atoms with Crippen LogP contribution in [0.2, 0.25) is 0 Å². The lowest BCUT2D eigenvalue weighted by molar-refractivity contribution is 0.266. The van der Waals surface area contributed by atoms with Crippen LogP contribution in [0.3, 0.4) is 0 Å². The molecule has 0 heterocycles. The van der Waals surface area contributed by atoms with Crippen molar-refractivity contribution in [2.75, 3.05) is 6.54 Å². The molecule has 1 aliphatic rings. The van der Waals surface area contributed by atoms with Gasteiger partial charge >= 0.3 is 0 Å². The number of nitrogens with one attached hydrogen (secondary N) is 1. The van der Waals surface area contributed by atoms with Gasteiger partial charge in [-0.1, -0.05) is 27.7 Å². The van der Waals surface area contributed by atoms with E-state index >= 15 is 0 Å². The zero-order valence-electron chi connectivity index (χ0n) is 10.6. The van der Waals surface area contributed by atoms with Gasteiger partial charge in [0.05, 0.1) is 0 Å². The van der Waals surface area contributed by atoms with Crippen molar-refractivity contribution < 1.29 is 0 Å². The zero-order chi connectivity index (χ0) is 10.8. The highest BCUT2D eigenvalue weighted by atomic mass is 14.9. The van der Waals surface area contributed by atoms with E-state index in [1.54, 1.807) is 0 Å². The van der Waals surface area contributed by atoms with Gasteiger partial charge in [-0.05, 0) is 50.0 Å². The Morgan fingerprint density at radius 1 is 1.29 bits per heavy atom. The molecule has 1 heteroatoms. The molecule has 0 spiro atoms. The van der Waals surface area contributed by atoms with Crippen LogP contribution in [-0.2, 0) is 0 Å². The molecule has 0 aromatic heterocycles. The fraction of sp³-hybridized carbons (Fsp3) is 1.00. The second-order valence-electron chi connectivity index (χ2n) is 6.20. The molecular formula is C13H27N. The topological polar surface area (TPSA) is 12.0 Å². The average Bonchev–Trinajstić information content (AvgIpc) is 2.80. The minimum Gasteiger partial charge on any atom is -0.314 e. The van der Waals surface area contributed by atoms with Gasteiger partial charge in [0.25, 0.3) is 0 Å². The highest BCUT2D eigenvalue weighted by molar-refractivity contribution is 5.00.